The van der Waals surface area contributed by atoms with Crippen molar-refractivity contribution in [3.63, 3.8) is 0 Å². The van der Waals surface area contributed by atoms with Crippen molar-refractivity contribution in [3.05, 3.63) is 30.3 Å². The lowest BCUT2D eigenvalue weighted by Crippen LogP contribution is -2.15. The summed E-state index contributed by atoms with van der Waals surface area (Å²) >= 11 is 0. The summed E-state index contributed by atoms with van der Waals surface area (Å²) in [6, 6.07) is 8.56. The first kappa shape index (κ1) is 14.4. The van der Waals surface area contributed by atoms with Crippen molar-refractivity contribution in [1.29, 1.82) is 0 Å². The summed E-state index contributed by atoms with van der Waals surface area (Å²) in [5.74, 6) is -0.305. The number of nitrogens with zero attached hydrogens (tertiary/aromatic N) is 1. The van der Waals surface area contributed by atoms with Crippen LogP contribution < -0.4 is 14.4 Å². The molecule has 2 aromatic rings. The van der Waals surface area contributed by atoms with Crippen LogP contribution in [0.4, 0.5) is 15.3 Å². The van der Waals surface area contributed by atoms with Crippen molar-refractivity contribution >= 4 is 28.8 Å². The lowest BCUT2D eigenvalue weighted by atomic mass is 10.1. The Bertz CT molecular complexity index is 710. The van der Waals surface area contributed by atoms with E-state index in [-0.39, 0.29) is 11.5 Å². The van der Waals surface area contributed by atoms with Crippen molar-refractivity contribution in [3.8, 4) is 11.5 Å². The number of carboxylic acid groups (broad SMARTS) is 2. The van der Waals surface area contributed by atoms with Crippen LogP contribution in [0, 0.1) is 0 Å². The molecule has 7 nitrogen and oxygen atoms in total. The van der Waals surface area contributed by atoms with Crippen molar-refractivity contribution in [2.75, 3.05) is 19.0 Å². The molecule has 21 heavy (non-hydrogen) atoms. The van der Waals surface area contributed by atoms with Crippen molar-refractivity contribution in [2.45, 2.75) is 0 Å². The van der Waals surface area contributed by atoms with Crippen LogP contribution in [0.1, 0.15) is 0 Å². The van der Waals surface area contributed by atoms with Gasteiger partial charge in [-0.2, -0.15) is 0 Å². The number of anilines is 1. The minimum absolute atomic E-state index is 0.147. The Hall–Kier alpha value is -2.96. The predicted molar refractivity (Wildman–Crippen MR) is 75.6 cm³/mol. The smallest absolute Gasteiger partial charge is 0.449 e. The van der Waals surface area contributed by atoms with Crippen LogP contribution in [0.3, 0.4) is 0 Å². The molecular formula is C14H13NO6. The highest BCUT2D eigenvalue weighted by molar-refractivity contribution is 5.97. The van der Waals surface area contributed by atoms with Crippen LogP contribution in [-0.4, -0.2) is 36.6 Å². The Morgan fingerprint density at radius 3 is 2.14 bits per heavy atom. The highest BCUT2D eigenvalue weighted by Crippen LogP contribution is 2.43. The number of carbonyl (C=O) groups is 2. The number of ether oxygens (including phenoxy) is 2. The fourth-order valence-electron chi connectivity index (χ4n) is 1.99. The maximum atomic E-state index is 10.9. The molecule has 0 fully saturated rings. The van der Waals surface area contributed by atoms with Gasteiger partial charge in [-0.25, -0.2) is 9.59 Å². The summed E-state index contributed by atoms with van der Waals surface area (Å²) in [6.07, 6.45) is -3.10. The standard InChI is InChI=1S/C14H13NO6/c1-15(2)10-7-8-5-3-4-6-9(8)11(20-13(16)17)12(10)21-14(18)19/h3-7H,1-2H3,(H,16,17)(H,18,19). The summed E-state index contributed by atoms with van der Waals surface area (Å²) in [4.78, 5) is 23.4. The highest BCUT2D eigenvalue weighted by Gasteiger charge is 2.22. The number of fused-ring (bicyclic) bond motifs is 1. The zero-order valence-corrected chi connectivity index (χ0v) is 11.4. The summed E-state index contributed by atoms with van der Waals surface area (Å²) in [5.41, 5.74) is 0.396. The van der Waals surface area contributed by atoms with Crippen LogP contribution in [0.5, 0.6) is 11.5 Å². The lowest BCUT2D eigenvalue weighted by molar-refractivity contribution is 0.133. The van der Waals surface area contributed by atoms with Crippen molar-refractivity contribution in [2.24, 2.45) is 0 Å². The van der Waals surface area contributed by atoms with E-state index in [9.17, 15) is 9.59 Å². The average Bonchev–Trinajstić information content (AvgIpc) is 2.39. The molecule has 0 radical (unpaired) electrons. The van der Waals surface area contributed by atoms with Crippen LogP contribution in [0.15, 0.2) is 30.3 Å². The molecule has 0 unspecified atom stereocenters. The molecule has 0 aliphatic carbocycles. The van der Waals surface area contributed by atoms with Gasteiger partial charge in [0.2, 0.25) is 5.75 Å². The van der Waals surface area contributed by atoms with Crippen molar-refractivity contribution in [1.82, 2.24) is 0 Å². The monoisotopic (exact) mass is 291 g/mol. The van der Waals surface area contributed by atoms with Gasteiger partial charge in [0.05, 0.1) is 5.69 Å². The maximum Gasteiger partial charge on any atom is 0.511 e. The van der Waals surface area contributed by atoms with Gasteiger partial charge in [0.25, 0.3) is 0 Å². The largest absolute Gasteiger partial charge is 0.511 e. The van der Waals surface area contributed by atoms with E-state index < -0.39 is 12.3 Å². The second kappa shape index (κ2) is 5.58. The third kappa shape index (κ3) is 2.97. The van der Waals surface area contributed by atoms with Gasteiger partial charge in [-0.15, -0.1) is 0 Å². The molecule has 0 amide bonds. The highest BCUT2D eigenvalue weighted by atomic mass is 16.7. The number of rotatable bonds is 3. The fourth-order valence-corrected chi connectivity index (χ4v) is 1.99. The summed E-state index contributed by atoms with van der Waals surface area (Å²) in [5, 5.41) is 18.9. The molecule has 2 N–H and O–H groups in total. The van der Waals surface area contributed by atoms with Crippen LogP contribution in [0.2, 0.25) is 0 Å². The van der Waals surface area contributed by atoms with E-state index in [1.807, 2.05) is 0 Å². The minimum Gasteiger partial charge on any atom is -0.449 e. The van der Waals surface area contributed by atoms with Gasteiger partial charge in [0.1, 0.15) is 0 Å². The number of benzene rings is 2. The van der Waals surface area contributed by atoms with Gasteiger partial charge in [0.15, 0.2) is 5.75 Å². The van der Waals surface area contributed by atoms with E-state index >= 15 is 0 Å². The molecule has 2 aromatic carbocycles. The van der Waals surface area contributed by atoms with E-state index in [4.69, 9.17) is 19.7 Å². The normalized spacial score (nSPS) is 10.2. The number of hydrogen-bond acceptors (Lipinski definition) is 5. The molecule has 0 aliphatic heterocycles. The van der Waals surface area contributed by atoms with E-state index in [0.29, 0.717) is 16.5 Å². The molecule has 0 heterocycles. The second-order valence-electron chi connectivity index (χ2n) is 4.41. The molecule has 2 rings (SSSR count). The van der Waals surface area contributed by atoms with E-state index in [2.05, 4.69) is 0 Å². The Balaban J connectivity index is 2.80. The third-order valence-electron chi connectivity index (χ3n) is 2.80. The molecule has 110 valence electrons. The van der Waals surface area contributed by atoms with Gasteiger partial charge in [0, 0.05) is 19.5 Å². The summed E-state index contributed by atoms with van der Waals surface area (Å²) in [6.45, 7) is 0. The molecular weight excluding hydrogens is 278 g/mol. The average molecular weight is 291 g/mol. The first-order valence-corrected chi connectivity index (χ1v) is 5.94. The van der Waals surface area contributed by atoms with Gasteiger partial charge < -0.3 is 24.6 Å². The van der Waals surface area contributed by atoms with Crippen LogP contribution in [0.25, 0.3) is 10.8 Å². The quantitative estimate of drug-likeness (QED) is 0.662. The fraction of sp³-hybridized carbons (Fsp3) is 0.143. The number of hydrogen-bond donors (Lipinski definition) is 2. The summed E-state index contributed by atoms with van der Waals surface area (Å²) < 4.78 is 9.49. The van der Waals surface area contributed by atoms with Crippen molar-refractivity contribution < 1.29 is 29.3 Å². The van der Waals surface area contributed by atoms with E-state index in [0.717, 1.165) is 0 Å². The topological polar surface area (TPSA) is 96.3 Å². The minimum atomic E-state index is -1.55. The molecule has 0 aliphatic rings. The molecule has 0 spiro atoms. The molecule has 7 heteroatoms. The zero-order valence-electron chi connectivity index (χ0n) is 11.4. The third-order valence-corrected chi connectivity index (χ3v) is 2.80. The van der Waals surface area contributed by atoms with Crippen LogP contribution in [-0.2, 0) is 0 Å². The Labute approximate surface area is 119 Å². The van der Waals surface area contributed by atoms with E-state index in [1.165, 1.54) is 0 Å². The molecule has 0 saturated heterocycles. The molecule has 0 aromatic heterocycles. The second-order valence-corrected chi connectivity index (χ2v) is 4.41. The first-order valence-electron chi connectivity index (χ1n) is 5.94. The predicted octanol–water partition coefficient (Wildman–Crippen LogP) is 3.02. The molecule has 0 saturated carbocycles. The zero-order chi connectivity index (χ0) is 15.6. The first-order chi connectivity index (χ1) is 9.90. The Morgan fingerprint density at radius 1 is 1.00 bits per heavy atom. The van der Waals surface area contributed by atoms with Gasteiger partial charge >= 0.3 is 12.3 Å². The van der Waals surface area contributed by atoms with Crippen LogP contribution >= 0.6 is 0 Å². The Morgan fingerprint density at radius 2 is 1.57 bits per heavy atom. The summed E-state index contributed by atoms with van der Waals surface area (Å²) in [7, 11) is 3.37. The van der Waals surface area contributed by atoms with Gasteiger partial charge in [-0.05, 0) is 11.5 Å². The molecule has 0 bridgehead atoms. The maximum absolute atomic E-state index is 10.9. The lowest BCUT2D eigenvalue weighted by Gasteiger charge is -2.20. The SMILES string of the molecule is CN(C)c1cc2ccccc2c(OC(=O)O)c1OC(=O)O. The van der Waals surface area contributed by atoms with Gasteiger partial charge in [-0.1, -0.05) is 24.3 Å². The molecule has 0 atom stereocenters. The van der Waals surface area contributed by atoms with E-state index in [1.54, 1.807) is 49.3 Å². The van der Waals surface area contributed by atoms with Gasteiger partial charge in [-0.3, -0.25) is 0 Å². The Kier molecular flexibility index (Phi) is 3.84.